The van der Waals surface area contributed by atoms with Crippen molar-refractivity contribution >= 4 is 17.6 Å². The van der Waals surface area contributed by atoms with Crippen LogP contribution >= 0.6 is 0 Å². The molecule has 1 unspecified atom stereocenters. The molecule has 0 spiro atoms. The first-order valence-electron chi connectivity index (χ1n) is 6.05. The second kappa shape index (κ2) is 6.22. The highest BCUT2D eigenvalue weighted by molar-refractivity contribution is 6.05. The zero-order chi connectivity index (χ0) is 14.6. The Labute approximate surface area is 112 Å². The summed E-state index contributed by atoms with van der Waals surface area (Å²) < 4.78 is 5.14. The molecule has 0 saturated heterocycles. The van der Waals surface area contributed by atoms with Gasteiger partial charge in [0.05, 0.1) is 12.8 Å². The average Bonchev–Trinajstić information content (AvgIpc) is 2.27. The third-order valence-corrected chi connectivity index (χ3v) is 2.83. The van der Waals surface area contributed by atoms with Crippen LogP contribution < -0.4 is 10.1 Å². The molecule has 104 valence electrons. The van der Waals surface area contributed by atoms with E-state index in [1.165, 1.54) is 7.11 Å². The van der Waals surface area contributed by atoms with Crippen LogP contribution in [0.1, 0.15) is 19.4 Å². The van der Waals surface area contributed by atoms with Crippen molar-refractivity contribution in [2.24, 2.45) is 11.8 Å². The minimum atomic E-state index is -1.13. The Morgan fingerprint density at radius 1 is 1.32 bits per heavy atom. The number of aliphatic carboxylic acids is 1. The molecule has 5 heteroatoms. The topological polar surface area (TPSA) is 75.6 Å². The molecule has 0 aliphatic rings. The number of methoxy groups -OCH3 is 1. The molecule has 1 aromatic carbocycles. The molecule has 1 aromatic rings. The maximum absolute atomic E-state index is 12.0. The Bertz CT molecular complexity index is 482. The average molecular weight is 265 g/mol. The Morgan fingerprint density at radius 3 is 2.42 bits per heavy atom. The highest BCUT2D eigenvalue weighted by Gasteiger charge is 2.30. The summed E-state index contributed by atoms with van der Waals surface area (Å²) in [6.45, 7) is 5.28. The van der Waals surface area contributed by atoms with E-state index in [0.29, 0.717) is 11.4 Å². The van der Waals surface area contributed by atoms with E-state index in [9.17, 15) is 9.59 Å². The SMILES string of the molecule is COc1ccc(C)cc1NC(=O)C(C(=O)O)C(C)C. The Balaban J connectivity index is 2.98. The van der Waals surface area contributed by atoms with Crippen molar-refractivity contribution in [2.75, 3.05) is 12.4 Å². The number of hydrogen-bond acceptors (Lipinski definition) is 3. The molecule has 0 aliphatic heterocycles. The highest BCUT2D eigenvalue weighted by Crippen LogP contribution is 2.26. The number of benzene rings is 1. The number of amides is 1. The number of hydrogen-bond donors (Lipinski definition) is 2. The second-order valence-electron chi connectivity index (χ2n) is 4.75. The van der Waals surface area contributed by atoms with Gasteiger partial charge in [0.15, 0.2) is 0 Å². The fourth-order valence-corrected chi connectivity index (χ4v) is 1.83. The van der Waals surface area contributed by atoms with E-state index in [1.54, 1.807) is 26.0 Å². The van der Waals surface area contributed by atoms with Crippen LogP contribution in [0, 0.1) is 18.8 Å². The molecule has 5 nitrogen and oxygen atoms in total. The fourth-order valence-electron chi connectivity index (χ4n) is 1.83. The standard InChI is InChI=1S/C14H19NO4/c1-8(2)12(14(17)18)13(16)15-10-7-9(3)5-6-11(10)19-4/h5-8,12H,1-4H3,(H,15,16)(H,17,18). The second-order valence-corrected chi connectivity index (χ2v) is 4.75. The molecule has 0 heterocycles. The molecule has 2 N–H and O–H groups in total. The lowest BCUT2D eigenvalue weighted by Crippen LogP contribution is -2.33. The van der Waals surface area contributed by atoms with Crippen LogP contribution in [0.3, 0.4) is 0 Å². The van der Waals surface area contributed by atoms with Crippen molar-refractivity contribution in [3.8, 4) is 5.75 Å². The van der Waals surface area contributed by atoms with Crippen molar-refractivity contribution in [1.29, 1.82) is 0 Å². The van der Waals surface area contributed by atoms with Crippen LogP contribution in [0.4, 0.5) is 5.69 Å². The number of carboxylic acids is 1. The Hall–Kier alpha value is -2.04. The molecule has 1 rings (SSSR count). The number of anilines is 1. The van der Waals surface area contributed by atoms with Crippen molar-refractivity contribution in [3.63, 3.8) is 0 Å². The molecule has 1 amide bonds. The number of carboxylic acid groups (broad SMARTS) is 1. The largest absolute Gasteiger partial charge is 0.495 e. The molecule has 0 radical (unpaired) electrons. The fraction of sp³-hybridized carbons (Fsp3) is 0.429. The minimum Gasteiger partial charge on any atom is -0.495 e. The van der Waals surface area contributed by atoms with Gasteiger partial charge in [-0.15, -0.1) is 0 Å². The first-order chi connectivity index (χ1) is 8.86. The smallest absolute Gasteiger partial charge is 0.316 e. The zero-order valence-corrected chi connectivity index (χ0v) is 11.6. The maximum atomic E-state index is 12.0. The number of ether oxygens (including phenoxy) is 1. The minimum absolute atomic E-state index is 0.284. The molecule has 0 aromatic heterocycles. The first-order valence-corrected chi connectivity index (χ1v) is 6.05. The van der Waals surface area contributed by atoms with Gasteiger partial charge in [-0.25, -0.2) is 0 Å². The molecular formula is C14H19NO4. The molecule has 0 fully saturated rings. The number of carbonyl (C=O) groups is 2. The van der Waals surface area contributed by atoms with E-state index in [0.717, 1.165) is 5.56 Å². The first kappa shape index (κ1) is 15.0. The summed E-state index contributed by atoms with van der Waals surface area (Å²) in [5, 5.41) is 11.7. The van der Waals surface area contributed by atoms with Gasteiger partial charge in [-0.1, -0.05) is 19.9 Å². The third kappa shape index (κ3) is 3.71. The summed E-state index contributed by atoms with van der Waals surface area (Å²) in [4.78, 5) is 23.1. The van der Waals surface area contributed by atoms with E-state index >= 15 is 0 Å². The van der Waals surface area contributed by atoms with Crippen molar-refractivity contribution < 1.29 is 19.4 Å². The van der Waals surface area contributed by atoms with Gasteiger partial charge in [0.1, 0.15) is 11.7 Å². The predicted octanol–water partition coefficient (Wildman–Crippen LogP) is 2.30. The van der Waals surface area contributed by atoms with Gasteiger partial charge < -0.3 is 15.2 Å². The summed E-state index contributed by atoms with van der Waals surface area (Å²) in [5.41, 5.74) is 1.44. The lowest BCUT2D eigenvalue weighted by atomic mass is 9.95. The lowest BCUT2D eigenvalue weighted by Gasteiger charge is -2.17. The van der Waals surface area contributed by atoms with E-state index in [1.807, 2.05) is 13.0 Å². The van der Waals surface area contributed by atoms with Crippen molar-refractivity contribution in [3.05, 3.63) is 23.8 Å². The molecule has 0 aliphatic carbocycles. The van der Waals surface area contributed by atoms with E-state index in [4.69, 9.17) is 9.84 Å². The molecular weight excluding hydrogens is 246 g/mol. The predicted molar refractivity (Wildman–Crippen MR) is 72.3 cm³/mol. The molecule has 19 heavy (non-hydrogen) atoms. The number of carbonyl (C=O) groups excluding carboxylic acids is 1. The van der Waals surface area contributed by atoms with Crippen LogP contribution in [-0.4, -0.2) is 24.1 Å². The highest BCUT2D eigenvalue weighted by atomic mass is 16.5. The van der Waals surface area contributed by atoms with Gasteiger partial charge in [0.2, 0.25) is 5.91 Å². The monoisotopic (exact) mass is 265 g/mol. The summed E-state index contributed by atoms with van der Waals surface area (Å²) in [6, 6.07) is 5.33. The lowest BCUT2D eigenvalue weighted by molar-refractivity contribution is -0.147. The van der Waals surface area contributed by atoms with Gasteiger partial charge in [-0.05, 0) is 30.5 Å². The quantitative estimate of drug-likeness (QED) is 0.801. The molecule has 0 saturated carbocycles. The van der Waals surface area contributed by atoms with Gasteiger partial charge in [0, 0.05) is 0 Å². The number of rotatable bonds is 5. The van der Waals surface area contributed by atoms with Crippen LogP contribution in [0.2, 0.25) is 0 Å². The van der Waals surface area contributed by atoms with Crippen LogP contribution in [-0.2, 0) is 9.59 Å². The van der Waals surface area contributed by atoms with Gasteiger partial charge >= 0.3 is 5.97 Å². The summed E-state index contributed by atoms with van der Waals surface area (Å²) in [5.74, 6) is -2.52. The Kier molecular flexibility index (Phi) is 4.92. The van der Waals surface area contributed by atoms with Gasteiger partial charge in [-0.3, -0.25) is 9.59 Å². The number of aryl methyl sites for hydroxylation is 1. The van der Waals surface area contributed by atoms with Crippen LogP contribution in [0.5, 0.6) is 5.75 Å². The Morgan fingerprint density at radius 2 is 1.95 bits per heavy atom. The molecule has 0 bridgehead atoms. The zero-order valence-electron chi connectivity index (χ0n) is 11.6. The summed E-state index contributed by atoms with van der Waals surface area (Å²) >= 11 is 0. The van der Waals surface area contributed by atoms with Crippen molar-refractivity contribution in [1.82, 2.24) is 0 Å². The van der Waals surface area contributed by atoms with Gasteiger partial charge in [0.25, 0.3) is 0 Å². The van der Waals surface area contributed by atoms with Crippen molar-refractivity contribution in [2.45, 2.75) is 20.8 Å². The summed E-state index contributed by atoms with van der Waals surface area (Å²) in [7, 11) is 1.50. The molecule has 1 atom stereocenters. The summed E-state index contributed by atoms with van der Waals surface area (Å²) in [6.07, 6.45) is 0. The third-order valence-electron chi connectivity index (χ3n) is 2.83. The van der Waals surface area contributed by atoms with Crippen LogP contribution in [0.25, 0.3) is 0 Å². The normalized spacial score (nSPS) is 12.1. The number of nitrogens with one attached hydrogen (secondary N) is 1. The van der Waals surface area contributed by atoms with Gasteiger partial charge in [-0.2, -0.15) is 0 Å². The van der Waals surface area contributed by atoms with E-state index < -0.39 is 17.8 Å². The van der Waals surface area contributed by atoms with E-state index in [-0.39, 0.29) is 5.92 Å². The van der Waals surface area contributed by atoms with Crippen LogP contribution in [0.15, 0.2) is 18.2 Å². The van der Waals surface area contributed by atoms with E-state index in [2.05, 4.69) is 5.32 Å². The maximum Gasteiger partial charge on any atom is 0.316 e.